The van der Waals surface area contributed by atoms with E-state index < -0.39 is 0 Å². The Hall–Kier alpha value is -1.65. The second-order valence-electron chi connectivity index (χ2n) is 5.44. The molecule has 21 heavy (non-hydrogen) atoms. The number of anilines is 1. The third-order valence-corrected chi connectivity index (χ3v) is 4.21. The van der Waals surface area contributed by atoms with Gasteiger partial charge in [0.15, 0.2) is 0 Å². The molecule has 0 saturated carbocycles. The molecule has 1 aromatic heterocycles. The molecule has 1 aliphatic heterocycles. The molecule has 0 aliphatic carbocycles. The van der Waals surface area contributed by atoms with Gasteiger partial charge in [0.05, 0.1) is 22.3 Å². The zero-order valence-electron chi connectivity index (χ0n) is 11.9. The number of nitrogens with zero attached hydrogens (tertiary/aromatic N) is 1. The van der Waals surface area contributed by atoms with Crippen LogP contribution in [0.3, 0.4) is 0 Å². The molecule has 1 fully saturated rings. The highest BCUT2D eigenvalue weighted by Crippen LogP contribution is 2.32. The average molecular weight is 304 g/mol. The Morgan fingerprint density at radius 1 is 1.48 bits per heavy atom. The lowest BCUT2D eigenvalue weighted by atomic mass is 10.0. The van der Waals surface area contributed by atoms with Gasteiger partial charge in [-0.2, -0.15) is 0 Å². The monoisotopic (exact) mass is 303 g/mol. The van der Waals surface area contributed by atoms with Crippen LogP contribution in [-0.4, -0.2) is 23.5 Å². The lowest BCUT2D eigenvalue weighted by Crippen LogP contribution is -2.43. The van der Waals surface area contributed by atoms with Crippen molar-refractivity contribution in [2.45, 2.75) is 32.2 Å². The summed E-state index contributed by atoms with van der Waals surface area (Å²) in [5.74, 6) is -0.0226. The maximum atomic E-state index is 12.4. The highest BCUT2D eigenvalue weighted by atomic mass is 35.5. The number of hydrogen-bond donors (Lipinski definition) is 2. The summed E-state index contributed by atoms with van der Waals surface area (Å²) in [6.45, 7) is 2.86. The van der Waals surface area contributed by atoms with Crippen molar-refractivity contribution in [3.63, 3.8) is 0 Å². The maximum Gasteiger partial charge on any atom is 0.241 e. The Morgan fingerprint density at radius 2 is 2.33 bits per heavy atom. The molecule has 2 heterocycles. The van der Waals surface area contributed by atoms with Crippen molar-refractivity contribution in [2.75, 3.05) is 11.9 Å². The molecular formula is C16H18ClN3O. The molecule has 0 radical (unpaired) electrons. The smallest absolute Gasteiger partial charge is 0.241 e. The Labute approximate surface area is 128 Å². The van der Waals surface area contributed by atoms with Gasteiger partial charge < -0.3 is 10.6 Å². The van der Waals surface area contributed by atoms with E-state index in [1.54, 1.807) is 6.20 Å². The number of piperidine rings is 1. The van der Waals surface area contributed by atoms with Gasteiger partial charge in [-0.25, -0.2) is 0 Å². The third kappa shape index (κ3) is 2.87. The molecule has 2 aromatic rings. The van der Waals surface area contributed by atoms with Crippen molar-refractivity contribution in [2.24, 2.45) is 0 Å². The normalized spacial score (nSPS) is 18.7. The predicted octanol–water partition coefficient (Wildman–Crippen LogP) is 3.28. The molecule has 1 amide bonds. The highest BCUT2D eigenvalue weighted by Gasteiger charge is 2.22. The molecule has 0 bridgehead atoms. The topological polar surface area (TPSA) is 54.0 Å². The summed E-state index contributed by atoms with van der Waals surface area (Å²) >= 11 is 6.33. The van der Waals surface area contributed by atoms with Crippen LogP contribution < -0.4 is 10.6 Å². The number of benzene rings is 1. The summed E-state index contributed by atoms with van der Waals surface area (Å²) < 4.78 is 0. The first-order valence-corrected chi connectivity index (χ1v) is 7.62. The maximum absolute atomic E-state index is 12.4. The molecule has 0 unspecified atom stereocenters. The van der Waals surface area contributed by atoms with Gasteiger partial charge in [-0.1, -0.05) is 18.0 Å². The molecular weight excluding hydrogens is 286 g/mol. The average Bonchev–Trinajstić information content (AvgIpc) is 2.52. The van der Waals surface area contributed by atoms with Crippen molar-refractivity contribution < 1.29 is 4.79 Å². The van der Waals surface area contributed by atoms with Gasteiger partial charge in [0.25, 0.3) is 0 Å². The van der Waals surface area contributed by atoms with Crippen LogP contribution in [0.1, 0.15) is 24.8 Å². The Balaban J connectivity index is 1.94. The summed E-state index contributed by atoms with van der Waals surface area (Å²) in [6.07, 6.45) is 4.82. The van der Waals surface area contributed by atoms with Gasteiger partial charge in [0.1, 0.15) is 0 Å². The standard InChI is InChI=1S/C16H18ClN3O/c1-10-9-12(17)15(11-5-4-8-19-14(10)11)20-16(21)13-6-2-3-7-18-13/h4-5,8-9,13,18H,2-3,6-7H2,1H3,(H,20,21)/t13-/m0/s1. The van der Waals surface area contributed by atoms with Crippen LogP contribution in [0.4, 0.5) is 5.69 Å². The molecule has 3 rings (SSSR count). The fourth-order valence-corrected chi connectivity index (χ4v) is 3.11. The number of carbonyl (C=O) groups excluding carboxylic acids is 1. The molecule has 1 atom stereocenters. The van der Waals surface area contributed by atoms with E-state index in [2.05, 4.69) is 15.6 Å². The summed E-state index contributed by atoms with van der Waals surface area (Å²) in [4.78, 5) is 16.8. The first-order valence-electron chi connectivity index (χ1n) is 7.25. The Morgan fingerprint density at radius 3 is 3.10 bits per heavy atom. The zero-order chi connectivity index (χ0) is 14.8. The van der Waals surface area contributed by atoms with E-state index in [1.807, 2.05) is 25.1 Å². The van der Waals surface area contributed by atoms with Gasteiger partial charge in [-0.3, -0.25) is 9.78 Å². The van der Waals surface area contributed by atoms with E-state index in [0.29, 0.717) is 10.7 Å². The van der Waals surface area contributed by atoms with Crippen LogP contribution in [-0.2, 0) is 4.79 Å². The number of fused-ring (bicyclic) bond motifs is 1. The molecule has 0 spiro atoms. The minimum Gasteiger partial charge on any atom is -0.323 e. The number of carbonyl (C=O) groups is 1. The fraction of sp³-hybridized carbons (Fsp3) is 0.375. The van der Waals surface area contributed by atoms with Gasteiger partial charge in [0.2, 0.25) is 5.91 Å². The summed E-state index contributed by atoms with van der Waals surface area (Å²) in [6, 6.07) is 5.50. The number of nitrogens with one attached hydrogen (secondary N) is 2. The molecule has 1 saturated heterocycles. The second kappa shape index (κ2) is 6.00. The quantitative estimate of drug-likeness (QED) is 0.895. The van der Waals surface area contributed by atoms with Gasteiger partial charge >= 0.3 is 0 Å². The Bertz CT molecular complexity index is 681. The molecule has 4 nitrogen and oxygen atoms in total. The van der Waals surface area contributed by atoms with Crippen molar-refractivity contribution in [1.29, 1.82) is 0 Å². The largest absolute Gasteiger partial charge is 0.323 e. The van der Waals surface area contributed by atoms with Crippen LogP contribution in [0.25, 0.3) is 10.9 Å². The number of rotatable bonds is 2. The molecule has 1 aliphatic rings. The second-order valence-corrected chi connectivity index (χ2v) is 5.85. The van der Waals surface area contributed by atoms with E-state index >= 15 is 0 Å². The van der Waals surface area contributed by atoms with Crippen molar-refractivity contribution in [3.05, 3.63) is 35.0 Å². The third-order valence-electron chi connectivity index (χ3n) is 3.91. The van der Waals surface area contributed by atoms with Crippen LogP contribution in [0.15, 0.2) is 24.4 Å². The number of amides is 1. The Kier molecular flexibility index (Phi) is 4.08. The van der Waals surface area contributed by atoms with E-state index in [9.17, 15) is 4.79 Å². The number of pyridine rings is 1. The van der Waals surface area contributed by atoms with Crippen LogP contribution in [0.2, 0.25) is 5.02 Å². The molecule has 110 valence electrons. The number of hydrogen-bond acceptors (Lipinski definition) is 3. The molecule has 1 aromatic carbocycles. The van der Waals surface area contributed by atoms with Crippen LogP contribution in [0.5, 0.6) is 0 Å². The highest BCUT2D eigenvalue weighted by molar-refractivity contribution is 6.35. The van der Waals surface area contributed by atoms with E-state index in [4.69, 9.17) is 11.6 Å². The summed E-state index contributed by atoms with van der Waals surface area (Å²) in [7, 11) is 0. The minimum atomic E-state index is -0.136. The summed E-state index contributed by atoms with van der Waals surface area (Å²) in [5, 5.41) is 7.66. The van der Waals surface area contributed by atoms with E-state index in [1.165, 1.54) is 0 Å². The number of aryl methyl sites for hydroxylation is 1. The van der Waals surface area contributed by atoms with Crippen molar-refractivity contribution in [1.82, 2.24) is 10.3 Å². The lowest BCUT2D eigenvalue weighted by Gasteiger charge is -2.23. The first-order chi connectivity index (χ1) is 10.2. The lowest BCUT2D eigenvalue weighted by molar-refractivity contribution is -0.118. The van der Waals surface area contributed by atoms with Gasteiger partial charge in [-0.05, 0) is 50.1 Å². The molecule has 2 N–H and O–H groups in total. The van der Waals surface area contributed by atoms with Crippen molar-refractivity contribution in [3.8, 4) is 0 Å². The number of halogens is 1. The van der Waals surface area contributed by atoms with E-state index in [-0.39, 0.29) is 11.9 Å². The zero-order valence-corrected chi connectivity index (χ0v) is 12.7. The number of aromatic nitrogens is 1. The minimum absolute atomic E-state index is 0.0226. The van der Waals surface area contributed by atoms with Crippen LogP contribution >= 0.6 is 11.6 Å². The predicted molar refractivity (Wildman–Crippen MR) is 85.8 cm³/mol. The SMILES string of the molecule is Cc1cc(Cl)c(NC(=O)[C@@H]2CCCCN2)c2cccnc12. The molecule has 5 heteroatoms. The van der Waals surface area contributed by atoms with Gasteiger partial charge in [-0.15, -0.1) is 0 Å². The van der Waals surface area contributed by atoms with Gasteiger partial charge in [0, 0.05) is 11.6 Å². The van der Waals surface area contributed by atoms with Crippen LogP contribution in [0, 0.1) is 6.92 Å². The summed E-state index contributed by atoms with van der Waals surface area (Å²) in [5.41, 5.74) is 2.53. The first kappa shape index (κ1) is 14.3. The van der Waals surface area contributed by atoms with E-state index in [0.717, 1.165) is 42.3 Å². The fourth-order valence-electron chi connectivity index (χ4n) is 2.79. The van der Waals surface area contributed by atoms with Crippen molar-refractivity contribution >= 4 is 34.1 Å².